The van der Waals surface area contributed by atoms with E-state index in [-0.39, 0.29) is 10.8 Å². The Balaban J connectivity index is 1.08. The van der Waals surface area contributed by atoms with E-state index >= 15 is 0 Å². The average Bonchev–Trinajstić information content (AvgIpc) is 3.72. The van der Waals surface area contributed by atoms with E-state index in [2.05, 4.69) is 180 Å². The highest BCUT2D eigenvalue weighted by molar-refractivity contribution is 6.08. The Labute approximate surface area is 316 Å². The number of hydrogen-bond acceptors (Lipinski definition) is 2. The number of para-hydroxylation sites is 1. The first kappa shape index (κ1) is 31.4. The number of hydrogen-bond donors (Lipinski definition) is 0. The van der Waals surface area contributed by atoms with E-state index in [0.29, 0.717) is 0 Å². The lowest BCUT2D eigenvalue weighted by molar-refractivity contribution is 0.658. The molecule has 2 aliphatic rings. The van der Waals surface area contributed by atoms with Gasteiger partial charge in [0, 0.05) is 38.7 Å². The summed E-state index contributed by atoms with van der Waals surface area (Å²) in [7, 11) is 0. The minimum absolute atomic E-state index is 0.131. The van der Waals surface area contributed by atoms with Crippen molar-refractivity contribution in [2.24, 2.45) is 0 Å². The van der Waals surface area contributed by atoms with Crippen LogP contribution in [0.2, 0.25) is 0 Å². The summed E-state index contributed by atoms with van der Waals surface area (Å²) in [5.74, 6) is 0. The van der Waals surface area contributed by atoms with Crippen LogP contribution in [-0.4, -0.2) is 0 Å². The third kappa shape index (κ3) is 4.23. The van der Waals surface area contributed by atoms with Crippen LogP contribution in [-0.2, 0) is 10.8 Å². The van der Waals surface area contributed by atoms with Crippen LogP contribution >= 0.6 is 0 Å². The lowest BCUT2D eigenvalue weighted by Gasteiger charge is -2.29. The third-order valence-electron chi connectivity index (χ3n) is 12.6. The summed E-state index contributed by atoms with van der Waals surface area (Å²) in [5, 5.41) is 7.59. The summed E-state index contributed by atoms with van der Waals surface area (Å²) in [6.07, 6.45) is 0. The van der Waals surface area contributed by atoms with Gasteiger partial charge in [-0.1, -0.05) is 113 Å². The number of furan rings is 1. The van der Waals surface area contributed by atoms with Crippen LogP contribution in [0.3, 0.4) is 0 Å². The molecule has 2 aliphatic carbocycles. The van der Waals surface area contributed by atoms with Crippen molar-refractivity contribution < 1.29 is 4.42 Å². The molecule has 8 aromatic carbocycles. The van der Waals surface area contributed by atoms with Crippen molar-refractivity contribution in [2.75, 3.05) is 4.90 Å². The second-order valence-electron chi connectivity index (χ2n) is 16.8. The van der Waals surface area contributed by atoms with Gasteiger partial charge in [0.15, 0.2) is 0 Å². The van der Waals surface area contributed by atoms with Crippen LogP contribution in [0.25, 0.3) is 65.7 Å². The van der Waals surface area contributed by atoms with Crippen LogP contribution in [0.1, 0.15) is 61.1 Å². The maximum absolute atomic E-state index is 6.37. The van der Waals surface area contributed by atoms with Gasteiger partial charge in [0.05, 0.1) is 0 Å². The maximum atomic E-state index is 6.37. The highest BCUT2D eigenvalue weighted by Gasteiger charge is 2.39. The molecule has 9 aromatic rings. The highest BCUT2D eigenvalue weighted by Crippen LogP contribution is 2.55. The second kappa shape index (κ2) is 10.7. The van der Waals surface area contributed by atoms with E-state index in [1.54, 1.807) is 0 Å². The first-order valence-electron chi connectivity index (χ1n) is 19.2. The Morgan fingerprint density at radius 1 is 0.407 bits per heavy atom. The van der Waals surface area contributed by atoms with Gasteiger partial charge in [0.2, 0.25) is 0 Å². The monoisotopic (exact) mass is 695 g/mol. The lowest BCUT2D eigenvalue weighted by Crippen LogP contribution is -2.17. The summed E-state index contributed by atoms with van der Waals surface area (Å²) in [6, 6.07) is 52.3. The van der Waals surface area contributed by atoms with Crippen molar-refractivity contribution in [3.8, 4) is 22.3 Å². The molecule has 54 heavy (non-hydrogen) atoms. The second-order valence-corrected chi connectivity index (χ2v) is 16.8. The van der Waals surface area contributed by atoms with Crippen molar-refractivity contribution in [3.05, 3.63) is 173 Å². The average molecular weight is 696 g/mol. The molecule has 260 valence electrons. The van der Waals surface area contributed by atoms with Crippen molar-refractivity contribution in [1.29, 1.82) is 0 Å². The van der Waals surface area contributed by atoms with Crippen molar-refractivity contribution in [2.45, 2.75) is 52.4 Å². The Morgan fingerprint density at radius 3 is 1.80 bits per heavy atom. The van der Waals surface area contributed by atoms with E-state index in [1.807, 2.05) is 6.07 Å². The van der Waals surface area contributed by atoms with Gasteiger partial charge in [-0.2, -0.15) is 0 Å². The molecule has 0 fully saturated rings. The minimum Gasteiger partial charge on any atom is -0.456 e. The molecule has 0 bridgehead atoms. The molecule has 1 heterocycles. The lowest BCUT2D eigenvalue weighted by atomic mass is 9.78. The van der Waals surface area contributed by atoms with Gasteiger partial charge in [0.25, 0.3) is 0 Å². The Hall–Kier alpha value is -6.12. The largest absolute Gasteiger partial charge is 0.456 e. The molecule has 0 atom stereocenters. The topological polar surface area (TPSA) is 16.4 Å². The molecule has 0 saturated heterocycles. The fourth-order valence-corrected chi connectivity index (χ4v) is 10.3. The molecule has 0 aliphatic heterocycles. The molecule has 0 saturated carbocycles. The molecule has 2 nitrogen and oxygen atoms in total. The normalized spacial score (nSPS) is 14.8. The van der Waals surface area contributed by atoms with Gasteiger partial charge >= 0.3 is 0 Å². The fraction of sp³-hybridized carbons (Fsp3) is 0.154. The number of anilines is 3. The van der Waals surface area contributed by atoms with E-state index in [9.17, 15) is 0 Å². The molecule has 0 radical (unpaired) electrons. The highest BCUT2D eigenvalue weighted by atomic mass is 16.3. The van der Waals surface area contributed by atoms with Gasteiger partial charge in [-0.25, -0.2) is 0 Å². The van der Waals surface area contributed by atoms with E-state index < -0.39 is 0 Å². The first-order valence-corrected chi connectivity index (χ1v) is 19.2. The van der Waals surface area contributed by atoms with E-state index in [0.717, 1.165) is 22.5 Å². The number of aryl methyl sites for hydroxylation is 2. The summed E-state index contributed by atoms with van der Waals surface area (Å²) in [6.45, 7) is 14.0. The van der Waals surface area contributed by atoms with Crippen LogP contribution in [0.15, 0.2) is 144 Å². The predicted molar refractivity (Wildman–Crippen MR) is 228 cm³/mol. The number of nitrogens with zero attached hydrogens (tertiary/aromatic N) is 1. The molecular weight excluding hydrogens is 655 g/mol. The quantitative estimate of drug-likeness (QED) is 0.183. The zero-order valence-electron chi connectivity index (χ0n) is 31.6. The summed E-state index contributed by atoms with van der Waals surface area (Å²) in [4.78, 5) is 2.46. The van der Waals surface area contributed by atoms with Gasteiger partial charge in [-0.05, 0) is 146 Å². The Kier molecular flexibility index (Phi) is 6.24. The molecule has 0 spiro atoms. The smallest absolute Gasteiger partial charge is 0.136 e. The summed E-state index contributed by atoms with van der Waals surface area (Å²) < 4.78 is 6.37. The van der Waals surface area contributed by atoms with Crippen LogP contribution in [0.5, 0.6) is 0 Å². The number of fused-ring (bicyclic) bond motifs is 13. The molecule has 11 rings (SSSR count). The van der Waals surface area contributed by atoms with E-state index in [1.165, 1.54) is 93.6 Å². The summed E-state index contributed by atoms with van der Waals surface area (Å²) >= 11 is 0. The van der Waals surface area contributed by atoms with Crippen LogP contribution < -0.4 is 4.90 Å². The van der Waals surface area contributed by atoms with Gasteiger partial charge in [-0.3, -0.25) is 0 Å². The zero-order chi connectivity index (χ0) is 36.7. The number of benzene rings is 8. The molecule has 2 heteroatoms. The van der Waals surface area contributed by atoms with Crippen molar-refractivity contribution in [1.82, 2.24) is 0 Å². The minimum atomic E-state index is -0.184. The third-order valence-corrected chi connectivity index (χ3v) is 12.6. The van der Waals surface area contributed by atoms with Crippen molar-refractivity contribution in [3.63, 3.8) is 0 Å². The Morgan fingerprint density at radius 2 is 1.02 bits per heavy atom. The fourth-order valence-electron chi connectivity index (χ4n) is 10.3. The first-order chi connectivity index (χ1) is 26.1. The molecular formula is C52H41NO. The predicted octanol–water partition coefficient (Wildman–Crippen LogP) is 14.6. The summed E-state index contributed by atoms with van der Waals surface area (Å²) in [5.41, 5.74) is 18.4. The maximum Gasteiger partial charge on any atom is 0.136 e. The SMILES string of the molecule is Cc1cc(C)cc(N(c2ccc3c(c2)C(C)(C)c2cc4c(cc2-3)oc2ccccc24)c2ccc3c4c(ccc3c2)-c2ccc3ccccc3c2C4(C)C)c1. The van der Waals surface area contributed by atoms with Gasteiger partial charge < -0.3 is 9.32 Å². The zero-order valence-corrected chi connectivity index (χ0v) is 31.6. The Bertz CT molecular complexity index is 3060. The molecule has 1 aromatic heterocycles. The van der Waals surface area contributed by atoms with Crippen LogP contribution in [0.4, 0.5) is 17.1 Å². The van der Waals surface area contributed by atoms with Gasteiger partial charge in [0.1, 0.15) is 11.2 Å². The molecule has 0 N–H and O–H groups in total. The molecule has 0 unspecified atom stereocenters. The van der Waals surface area contributed by atoms with E-state index in [4.69, 9.17) is 4.42 Å². The molecule has 0 amide bonds. The van der Waals surface area contributed by atoms with Gasteiger partial charge in [-0.15, -0.1) is 0 Å². The van der Waals surface area contributed by atoms with Crippen molar-refractivity contribution >= 4 is 60.5 Å². The van der Waals surface area contributed by atoms with Crippen LogP contribution in [0, 0.1) is 13.8 Å². The number of rotatable bonds is 3. The standard InChI is InChI=1S/C52H41NO/c1-30-23-31(2)25-36(24-30)53(35-18-22-39-43-29-48-44(40-13-9-10-14-47(40)54-48)28-46(43)51(3,4)45(39)27-35)34-17-21-38-33(26-34)16-20-42-41-19-15-32-11-7-8-12-37(32)49(41)52(5,6)50(38)42/h7-29H,1-6H3.